The molecule has 0 atom stereocenters. The number of benzene rings is 2. The van der Waals surface area contributed by atoms with Crippen LogP contribution in [0.5, 0.6) is 17.2 Å². The van der Waals surface area contributed by atoms with E-state index in [9.17, 15) is 5.11 Å². The van der Waals surface area contributed by atoms with Crippen LogP contribution in [0, 0.1) is 0 Å². The van der Waals surface area contributed by atoms with E-state index in [-0.39, 0.29) is 5.75 Å². The van der Waals surface area contributed by atoms with Crippen LogP contribution in [-0.4, -0.2) is 10.1 Å². The van der Waals surface area contributed by atoms with Crippen LogP contribution in [0.1, 0.15) is 0 Å². The molecule has 3 rings (SSSR count). The molecule has 0 amide bonds. The predicted octanol–water partition coefficient (Wildman–Crippen LogP) is 3.73. The molecule has 0 fully saturated rings. The van der Waals surface area contributed by atoms with Gasteiger partial charge in [0.25, 0.3) is 0 Å². The number of para-hydroxylation sites is 1. The summed E-state index contributed by atoms with van der Waals surface area (Å²) in [7, 11) is 0. The molecule has 0 unspecified atom stereocenters. The summed E-state index contributed by atoms with van der Waals surface area (Å²) in [6, 6.07) is 15.1. The molecule has 1 N–H and O–H groups in total. The molecule has 0 aliphatic rings. The van der Waals surface area contributed by atoms with E-state index in [1.807, 2.05) is 48.5 Å². The van der Waals surface area contributed by atoms with Crippen molar-refractivity contribution in [3.63, 3.8) is 0 Å². The number of nitrogens with zero attached hydrogens (tertiary/aromatic N) is 1. The molecule has 0 bridgehead atoms. The first-order valence-electron chi connectivity index (χ1n) is 5.62. The minimum Gasteiger partial charge on any atom is -0.506 e. The first-order chi connectivity index (χ1) is 8.83. The number of aromatic nitrogens is 1. The van der Waals surface area contributed by atoms with Crippen LogP contribution in [0.2, 0.25) is 0 Å². The molecule has 1 heterocycles. The Morgan fingerprint density at radius 1 is 0.889 bits per heavy atom. The molecule has 0 saturated carbocycles. The zero-order valence-corrected chi connectivity index (χ0v) is 9.58. The van der Waals surface area contributed by atoms with Crippen LogP contribution in [-0.2, 0) is 0 Å². The van der Waals surface area contributed by atoms with Gasteiger partial charge in [0.2, 0.25) is 0 Å². The van der Waals surface area contributed by atoms with Crippen LogP contribution in [0.15, 0.2) is 60.9 Å². The van der Waals surface area contributed by atoms with Gasteiger partial charge in [-0.15, -0.1) is 0 Å². The summed E-state index contributed by atoms with van der Waals surface area (Å²) >= 11 is 0. The smallest absolute Gasteiger partial charge is 0.141 e. The Hall–Kier alpha value is -2.55. The van der Waals surface area contributed by atoms with Crippen LogP contribution < -0.4 is 4.74 Å². The Morgan fingerprint density at radius 3 is 2.56 bits per heavy atom. The highest BCUT2D eigenvalue weighted by Gasteiger charge is 2.02. The number of aromatic hydroxyl groups is 1. The second kappa shape index (κ2) is 4.37. The fraction of sp³-hybridized carbons (Fsp3) is 0. The zero-order valence-electron chi connectivity index (χ0n) is 9.58. The van der Waals surface area contributed by atoms with Crippen LogP contribution in [0.25, 0.3) is 10.8 Å². The van der Waals surface area contributed by atoms with Crippen LogP contribution in [0.4, 0.5) is 0 Å². The third kappa shape index (κ3) is 1.98. The Kier molecular flexibility index (Phi) is 2.57. The molecule has 1 aromatic heterocycles. The molecule has 88 valence electrons. The van der Waals surface area contributed by atoms with Gasteiger partial charge in [-0.3, -0.25) is 4.98 Å². The molecule has 0 saturated heterocycles. The van der Waals surface area contributed by atoms with Gasteiger partial charge in [-0.1, -0.05) is 18.2 Å². The van der Waals surface area contributed by atoms with Crippen molar-refractivity contribution in [1.29, 1.82) is 0 Å². The van der Waals surface area contributed by atoms with Crippen molar-refractivity contribution in [1.82, 2.24) is 4.98 Å². The number of hydrogen-bond donors (Lipinski definition) is 1. The van der Waals surface area contributed by atoms with Gasteiger partial charge in [0.05, 0.1) is 6.20 Å². The molecule has 0 radical (unpaired) electrons. The zero-order chi connectivity index (χ0) is 12.4. The minimum atomic E-state index is 0.179. The van der Waals surface area contributed by atoms with Crippen LogP contribution >= 0.6 is 0 Å². The van der Waals surface area contributed by atoms with E-state index in [4.69, 9.17) is 4.74 Å². The highest BCUT2D eigenvalue weighted by atomic mass is 16.5. The monoisotopic (exact) mass is 237 g/mol. The maximum absolute atomic E-state index is 9.65. The largest absolute Gasteiger partial charge is 0.506 e. The number of pyridine rings is 1. The topological polar surface area (TPSA) is 42.4 Å². The predicted molar refractivity (Wildman–Crippen MR) is 69.9 cm³/mol. The van der Waals surface area contributed by atoms with Gasteiger partial charge in [-0.25, -0.2) is 0 Å². The van der Waals surface area contributed by atoms with E-state index in [1.165, 1.54) is 6.20 Å². The number of hydrogen-bond acceptors (Lipinski definition) is 3. The standard InChI is InChI=1S/C15H11NO2/c17-15-10-16-9-11-8-13(6-7-14(11)15)18-12-4-2-1-3-5-12/h1-10,17H. The first-order valence-corrected chi connectivity index (χ1v) is 5.62. The normalized spacial score (nSPS) is 10.4. The van der Waals surface area contributed by atoms with Crippen molar-refractivity contribution in [3.05, 3.63) is 60.9 Å². The third-order valence-electron chi connectivity index (χ3n) is 2.69. The van der Waals surface area contributed by atoms with Crippen molar-refractivity contribution in [3.8, 4) is 17.2 Å². The maximum Gasteiger partial charge on any atom is 0.141 e. The fourth-order valence-corrected chi connectivity index (χ4v) is 1.83. The lowest BCUT2D eigenvalue weighted by Crippen LogP contribution is -1.84. The van der Waals surface area contributed by atoms with E-state index in [1.54, 1.807) is 6.20 Å². The molecule has 3 heteroatoms. The molecule has 0 aliphatic heterocycles. The molecule has 2 aromatic carbocycles. The first kappa shape index (κ1) is 10.6. The summed E-state index contributed by atoms with van der Waals surface area (Å²) in [6.07, 6.45) is 3.13. The summed E-state index contributed by atoms with van der Waals surface area (Å²) in [6.45, 7) is 0. The average Bonchev–Trinajstić information content (AvgIpc) is 2.40. The SMILES string of the molecule is Oc1cncc2cc(Oc3ccccc3)ccc12. The number of fused-ring (bicyclic) bond motifs is 1. The third-order valence-corrected chi connectivity index (χ3v) is 2.69. The summed E-state index contributed by atoms with van der Waals surface area (Å²) in [5.41, 5.74) is 0. The van der Waals surface area contributed by atoms with Gasteiger partial charge in [0.15, 0.2) is 0 Å². The minimum absolute atomic E-state index is 0.179. The van der Waals surface area contributed by atoms with E-state index >= 15 is 0 Å². The summed E-state index contributed by atoms with van der Waals surface area (Å²) in [4.78, 5) is 3.96. The van der Waals surface area contributed by atoms with Crippen molar-refractivity contribution in [2.24, 2.45) is 0 Å². The van der Waals surface area contributed by atoms with E-state index < -0.39 is 0 Å². The molecule has 3 nitrogen and oxygen atoms in total. The van der Waals surface area contributed by atoms with Crippen LogP contribution in [0.3, 0.4) is 0 Å². The second-order valence-electron chi connectivity index (χ2n) is 3.96. The van der Waals surface area contributed by atoms with Crippen molar-refractivity contribution < 1.29 is 9.84 Å². The lowest BCUT2D eigenvalue weighted by molar-refractivity contribution is 0.478. The Balaban J connectivity index is 1.99. The van der Waals surface area contributed by atoms with Gasteiger partial charge < -0.3 is 9.84 Å². The summed E-state index contributed by atoms with van der Waals surface area (Å²) in [5, 5.41) is 11.3. The van der Waals surface area contributed by atoms with Gasteiger partial charge in [-0.2, -0.15) is 0 Å². The molecular formula is C15H11NO2. The summed E-state index contributed by atoms with van der Waals surface area (Å²) in [5.74, 6) is 1.69. The van der Waals surface area contributed by atoms with E-state index in [2.05, 4.69) is 4.98 Å². The average molecular weight is 237 g/mol. The molecule has 0 spiro atoms. The lowest BCUT2D eigenvalue weighted by Gasteiger charge is -2.07. The summed E-state index contributed by atoms with van der Waals surface area (Å²) < 4.78 is 5.72. The fourth-order valence-electron chi connectivity index (χ4n) is 1.83. The van der Waals surface area contributed by atoms with Crippen molar-refractivity contribution >= 4 is 10.8 Å². The van der Waals surface area contributed by atoms with E-state index in [0.717, 1.165) is 22.3 Å². The Bertz CT molecular complexity index is 680. The van der Waals surface area contributed by atoms with Gasteiger partial charge >= 0.3 is 0 Å². The van der Waals surface area contributed by atoms with Gasteiger partial charge in [0, 0.05) is 17.0 Å². The van der Waals surface area contributed by atoms with Crippen molar-refractivity contribution in [2.45, 2.75) is 0 Å². The Morgan fingerprint density at radius 2 is 1.72 bits per heavy atom. The highest BCUT2D eigenvalue weighted by Crippen LogP contribution is 2.28. The molecule has 18 heavy (non-hydrogen) atoms. The van der Waals surface area contributed by atoms with Gasteiger partial charge in [-0.05, 0) is 30.3 Å². The Labute approximate surface area is 104 Å². The quantitative estimate of drug-likeness (QED) is 0.738. The van der Waals surface area contributed by atoms with Gasteiger partial charge in [0.1, 0.15) is 17.2 Å². The lowest BCUT2D eigenvalue weighted by atomic mass is 10.1. The molecule has 0 aliphatic carbocycles. The second-order valence-corrected chi connectivity index (χ2v) is 3.96. The molecule has 3 aromatic rings. The maximum atomic E-state index is 9.65. The number of rotatable bonds is 2. The molecular weight excluding hydrogens is 226 g/mol. The number of ether oxygens (including phenoxy) is 1. The highest BCUT2D eigenvalue weighted by molar-refractivity contribution is 5.88. The van der Waals surface area contributed by atoms with E-state index in [0.29, 0.717) is 0 Å². The van der Waals surface area contributed by atoms with Crippen molar-refractivity contribution in [2.75, 3.05) is 0 Å².